The molecule has 7 aromatic rings. The van der Waals surface area contributed by atoms with Gasteiger partial charge in [0.15, 0.2) is 21.7 Å². The zero-order valence-corrected chi connectivity index (χ0v) is 22.9. The molecule has 7 rings (SSSR count). The summed E-state index contributed by atoms with van der Waals surface area (Å²) in [4.78, 5) is 59.0. The van der Waals surface area contributed by atoms with Crippen LogP contribution in [0.3, 0.4) is 0 Å². The summed E-state index contributed by atoms with van der Waals surface area (Å²) in [5.74, 6) is 0. The molecular weight excluding hydrogens is 531 g/mol. The van der Waals surface area contributed by atoms with Gasteiger partial charge in [0.05, 0.1) is 43.1 Å². The Labute approximate surface area is 239 Å². The zero-order chi connectivity index (χ0) is 26.5. The van der Waals surface area contributed by atoms with E-state index in [1.54, 1.807) is 30.3 Å². The van der Waals surface area contributed by atoms with Crippen LogP contribution in [-0.2, 0) is 10.1 Å². The van der Waals surface area contributed by atoms with Gasteiger partial charge in [-0.3, -0.25) is 19.2 Å². The largest absolute Gasteiger partial charge is 1.00 e. The fourth-order valence-electron chi connectivity index (χ4n) is 5.38. The van der Waals surface area contributed by atoms with Gasteiger partial charge in [-0.15, -0.1) is 0 Å². The van der Waals surface area contributed by atoms with Crippen LogP contribution in [0.15, 0.2) is 90.8 Å². The molecule has 11 heteroatoms. The molecule has 184 valence electrons. The number of aromatic amines is 2. The van der Waals surface area contributed by atoms with Gasteiger partial charge in [-0.1, -0.05) is 36.4 Å². The van der Waals surface area contributed by atoms with Gasteiger partial charge in [0, 0.05) is 26.9 Å². The maximum atomic E-state index is 13.6. The molecular formula is C28H13N2NaO7S. The Balaban J connectivity index is 0.00000277. The molecule has 0 aliphatic heterocycles. The van der Waals surface area contributed by atoms with Crippen molar-refractivity contribution in [2.75, 3.05) is 0 Å². The monoisotopic (exact) mass is 544 g/mol. The standard InChI is InChI=1S/C28H14N2O7S.Na/c31-25-12-4-1-2-5-13(12)26(32)21-15(25)8-10-17-23(21)29-18-11-9-16-22(24(18)30-17)28(34)14-6-3-7-19(38(35,36)37)20(14)27(16)33;/h1-11,29-30H,(H,35,36,37);/q;+1/p-1. The molecule has 0 bridgehead atoms. The van der Waals surface area contributed by atoms with Crippen LogP contribution in [0.5, 0.6) is 0 Å². The van der Waals surface area contributed by atoms with E-state index in [0.717, 1.165) is 6.07 Å². The zero-order valence-electron chi connectivity index (χ0n) is 20.1. The van der Waals surface area contributed by atoms with E-state index in [2.05, 4.69) is 9.97 Å². The molecule has 1 aromatic heterocycles. The molecule has 0 saturated carbocycles. The molecule has 0 atom stereocenters. The van der Waals surface area contributed by atoms with Crippen molar-refractivity contribution in [2.45, 2.75) is 4.90 Å². The van der Waals surface area contributed by atoms with Crippen LogP contribution in [0.4, 0.5) is 0 Å². The SMILES string of the molecule is O=c1c2ccccc2c(=O)c2c1ccc1[nH]c3c(ccc4c(=O)c5c(S(=O)(=O)[O-])cccc5c(=O)c43)[nH]c12.[Na+]. The second-order valence-electron chi connectivity index (χ2n) is 9.07. The van der Waals surface area contributed by atoms with E-state index in [-0.39, 0.29) is 78.2 Å². The third kappa shape index (κ3) is 3.43. The summed E-state index contributed by atoms with van der Waals surface area (Å²) in [5.41, 5.74) is -0.600. The van der Waals surface area contributed by atoms with Crippen molar-refractivity contribution in [3.05, 3.63) is 108 Å². The van der Waals surface area contributed by atoms with Crippen LogP contribution in [0.2, 0.25) is 0 Å². The second-order valence-corrected chi connectivity index (χ2v) is 10.4. The van der Waals surface area contributed by atoms with Crippen LogP contribution in [-0.4, -0.2) is 22.9 Å². The second kappa shape index (κ2) is 8.54. The van der Waals surface area contributed by atoms with Gasteiger partial charge in [0.1, 0.15) is 10.1 Å². The van der Waals surface area contributed by atoms with Gasteiger partial charge in [-0.05, 0) is 30.3 Å². The minimum atomic E-state index is -5.01. The van der Waals surface area contributed by atoms with Crippen molar-refractivity contribution in [3.8, 4) is 0 Å². The Kier molecular flexibility index (Phi) is 5.55. The van der Waals surface area contributed by atoms with Crippen molar-refractivity contribution in [1.29, 1.82) is 0 Å². The third-order valence-electron chi connectivity index (χ3n) is 7.06. The van der Waals surface area contributed by atoms with E-state index >= 15 is 0 Å². The Bertz CT molecular complexity index is 2580. The molecule has 0 saturated heterocycles. The maximum Gasteiger partial charge on any atom is 1.00 e. The predicted octanol–water partition coefficient (Wildman–Crippen LogP) is 0.0487. The van der Waals surface area contributed by atoms with Gasteiger partial charge < -0.3 is 14.5 Å². The number of aromatic nitrogens is 2. The summed E-state index contributed by atoms with van der Waals surface area (Å²) in [6, 6.07) is 16.1. The number of hydrogen-bond acceptors (Lipinski definition) is 7. The van der Waals surface area contributed by atoms with E-state index < -0.39 is 31.3 Å². The summed E-state index contributed by atoms with van der Waals surface area (Å²) in [6.45, 7) is 0. The molecule has 0 spiro atoms. The average molecular weight is 544 g/mol. The molecule has 0 amide bonds. The normalized spacial score (nSPS) is 12.1. The van der Waals surface area contributed by atoms with Gasteiger partial charge in [0.25, 0.3) is 0 Å². The molecule has 39 heavy (non-hydrogen) atoms. The average Bonchev–Trinajstić information content (AvgIpc) is 2.91. The molecule has 1 heterocycles. The number of benzene rings is 6. The number of H-pyrrole nitrogens is 2. The van der Waals surface area contributed by atoms with Crippen LogP contribution in [0.25, 0.3) is 65.2 Å². The van der Waals surface area contributed by atoms with E-state index in [4.69, 9.17) is 0 Å². The first-order valence-electron chi connectivity index (χ1n) is 11.4. The maximum absolute atomic E-state index is 13.6. The Morgan fingerprint density at radius 2 is 0.949 bits per heavy atom. The van der Waals surface area contributed by atoms with Gasteiger partial charge in [-0.2, -0.15) is 0 Å². The number of rotatable bonds is 1. The molecule has 2 N–H and O–H groups in total. The Hall–Kier alpha value is -3.93. The quantitative estimate of drug-likeness (QED) is 0.128. The van der Waals surface area contributed by atoms with E-state index in [9.17, 15) is 32.1 Å². The van der Waals surface area contributed by atoms with E-state index in [0.29, 0.717) is 21.9 Å². The van der Waals surface area contributed by atoms with E-state index in [1.807, 2.05) is 0 Å². The van der Waals surface area contributed by atoms with Gasteiger partial charge >= 0.3 is 29.6 Å². The molecule has 0 aliphatic rings. The van der Waals surface area contributed by atoms with Crippen LogP contribution >= 0.6 is 0 Å². The topological polar surface area (TPSA) is 157 Å². The fraction of sp³-hybridized carbons (Fsp3) is 0. The fourth-order valence-corrected chi connectivity index (χ4v) is 6.08. The van der Waals surface area contributed by atoms with Gasteiger partial charge in [0.2, 0.25) is 0 Å². The van der Waals surface area contributed by atoms with Crippen LogP contribution in [0.1, 0.15) is 0 Å². The molecule has 0 aliphatic carbocycles. The van der Waals surface area contributed by atoms with E-state index in [1.165, 1.54) is 30.3 Å². The minimum Gasteiger partial charge on any atom is -0.744 e. The third-order valence-corrected chi connectivity index (χ3v) is 7.94. The Morgan fingerprint density at radius 1 is 0.513 bits per heavy atom. The number of fused-ring (bicyclic) bond motifs is 8. The van der Waals surface area contributed by atoms with Crippen LogP contribution < -0.4 is 51.3 Å². The molecule has 9 nitrogen and oxygen atoms in total. The van der Waals surface area contributed by atoms with Crippen molar-refractivity contribution < 1.29 is 42.5 Å². The minimum absolute atomic E-state index is 0. The predicted molar refractivity (Wildman–Crippen MR) is 144 cm³/mol. The van der Waals surface area contributed by atoms with Crippen molar-refractivity contribution in [1.82, 2.24) is 9.97 Å². The Morgan fingerprint density at radius 3 is 1.51 bits per heavy atom. The molecule has 0 fully saturated rings. The number of hydrogen-bond donors (Lipinski definition) is 2. The molecule has 6 aromatic carbocycles. The van der Waals surface area contributed by atoms with Gasteiger partial charge in [-0.25, -0.2) is 8.42 Å². The molecule has 0 unspecified atom stereocenters. The summed E-state index contributed by atoms with van der Waals surface area (Å²) in [6.07, 6.45) is 0. The van der Waals surface area contributed by atoms with Crippen molar-refractivity contribution in [2.24, 2.45) is 0 Å². The summed E-state index contributed by atoms with van der Waals surface area (Å²) >= 11 is 0. The number of nitrogens with one attached hydrogen (secondary N) is 2. The summed E-state index contributed by atoms with van der Waals surface area (Å²) in [7, 11) is -5.01. The first-order chi connectivity index (χ1) is 18.2. The summed E-state index contributed by atoms with van der Waals surface area (Å²) in [5, 5.41) is 0.361. The summed E-state index contributed by atoms with van der Waals surface area (Å²) < 4.78 is 35.4. The smallest absolute Gasteiger partial charge is 0.744 e. The van der Waals surface area contributed by atoms with Crippen LogP contribution in [0, 0.1) is 0 Å². The van der Waals surface area contributed by atoms with Crippen molar-refractivity contribution >= 4 is 75.3 Å². The first-order valence-corrected chi connectivity index (χ1v) is 12.8. The first kappa shape index (κ1) is 25.4. The van der Waals surface area contributed by atoms with Crippen molar-refractivity contribution in [3.63, 3.8) is 0 Å². The molecule has 0 radical (unpaired) electrons.